The molecule has 0 unspecified atom stereocenters. The molecule has 0 saturated heterocycles. The van der Waals surface area contributed by atoms with Crippen molar-refractivity contribution in [3.05, 3.63) is 67.2 Å². The minimum atomic E-state index is -0.882. The number of methoxy groups -OCH3 is 1. The molecule has 1 N–H and O–H groups in total. The Hall–Kier alpha value is -2.66. The number of halogens is 2. The zero-order valence-electron chi connectivity index (χ0n) is 18.2. The van der Waals surface area contributed by atoms with Crippen molar-refractivity contribution in [2.24, 2.45) is 0 Å². The van der Waals surface area contributed by atoms with Crippen LogP contribution in [0.4, 0.5) is 0 Å². The van der Waals surface area contributed by atoms with E-state index in [1.165, 1.54) is 29.8 Å². The van der Waals surface area contributed by atoms with Gasteiger partial charge in [-0.2, -0.15) is 0 Å². The lowest BCUT2D eigenvalue weighted by Crippen LogP contribution is -2.03. The van der Waals surface area contributed by atoms with Gasteiger partial charge >= 0.3 is 11.9 Å². The lowest BCUT2D eigenvalue weighted by Gasteiger charge is -2.12. The van der Waals surface area contributed by atoms with E-state index in [1.54, 1.807) is 0 Å². The molecule has 3 heterocycles. The smallest absolute Gasteiger partial charge is 0.310 e. The summed E-state index contributed by atoms with van der Waals surface area (Å²) in [6.45, 7) is 0. The summed E-state index contributed by atoms with van der Waals surface area (Å²) < 4.78 is 6.49. The first-order valence-electron chi connectivity index (χ1n) is 10.4. The molecule has 0 saturated carbocycles. The van der Waals surface area contributed by atoms with Gasteiger partial charge in [0.25, 0.3) is 0 Å². The minimum Gasteiger partial charge on any atom is -0.481 e. The maximum absolute atomic E-state index is 11.8. The third kappa shape index (κ3) is 4.63. The maximum atomic E-state index is 11.8. The quantitative estimate of drug-likeness (QED) is 0.159. The van der Waals surface area contributed by atoms with Gasteiger partial charge in [0.15, 0.2) is 0 Å². The van der Waals surface area contributed by atoms with E-state index < -0.39 is 5.97 Å². The second kappa shape index (κ2) is 9.77. The standard InChI is InChI=1S/C25H16Br2N2O4S2/c1-33-19(32)9-12-8-17(34-11-12)23-22(16-7-6-13(35-16)10-18(30)31)28-24-20(26)14-4-2-3-5-15(14)21(27)25(24)29-23/h2-8,11H,9-10H2,1H3,(H,30,31). The van der Waals surface area contributed by atoms with Crippen LogP contribution in [0, 0.1) is 0 Å². The van der Waals surface area contributed by atoms with Gasteiger partial charge in [-0.05, 0) is 71.8 Å². The maximum Gasteiger partial charge on any atom is 0.310 e. The molecule has 3 aromatic heterocycles. The zero-order chi connectivity index (χ0) is 24.7. The Bertz CT molecular complexity index is 1630. The Balaban J connectivity index is 1.76. The highest BCUT2D eigenvalue weighted by atomic mass is 79.9. The van der Waals surface area contributed by atoms with Crippen LogP contribution < -0.4 is 0 Å². The Morgan fingerprint density at radius 3 is 2.17 bits per heavy atom. The number of aromatic nitrogens is 2. The number of thiophene rings is 2. The number of rotatable bonds is 6. The van der Waals surface area contributed by atoms with E-state index in [-0.39, 0.29) is 18.8 Å². The molecule has 35 heavy (non-hydrogen) atoms. The van der Waals surface area contributed by atoms with E-state index in [0.717, 1.165) is 39.9 Å². The number of ether oxygens (including phenoxy) is 1. The van der Waals surface area contributed by atoms with Crippen molar-refractivity contribution in [2.75, 3.05) is 7.11 Å². The number of benzene rings is 2. The molecule has 5 aromatic rings. The second-order valence-electron chi connectivity index (χ2n) is 7.70. The summed E-state index contributed by atoms with van der Waals surface area (Å²) in [5, 5.41) is 13.1. The Morgan fingerprint density at radius 2 is 1.57 bits per heavy atom. The van der Waals surface area contributed by atoms with Crippen LogP contribution >= 0.6 is 54.5 Å². The van der Waals surface area contributed by atoms with Gasteiger partial charge in [-0.25, -0.2) is 9.97 Å². The van der Waals surface area contributed by atoms with Crippen LogP contribution in [0.15, 0.2) is 56.8 Å². The molecule has 0 amide bonds. The fourth-order valence-corrected chi connectivity index (χ4v) is 6.92. The number of esters is 1. The largest absolute Gasteiger partial charge is 0.481 e. The first kappa shape index (κ1) is 24.1. The molecule has 0 aliphatic rings. The molecular formula is C25H16Br2N2O4S2. The summed E-state index contributed by atoms with van der Waals surface area (Å²) in [7, 11) is 1.37. The topological polar surface area (TPSA) is 89.4 Å². The molecule has 0 spiro atoms. The molecule has 0 aliphatic heterocycles. The van der Waals surface area contributed by atoms with Gasteiger partial charge in [0.2, 0.25) is 0 Å². The Kier molecular flexibility index (Phi) is 6.71. The summed E-state index contributed by atoms with van der Waals surface area (Å²) in [4.78, 5) is 35.5. The third-order valence-electron chi connectivity index (χ3n) is 5.40. The SMILES string of the molecule is COC(=O)Cc1csc(-c2nc3c(Br)c4ccccc4c(Br)c3nc2-c2ccc(CC(=O)O)s2)c1. The first-order valence-corrected chi connectivity index (χ1v) is 13.7. The van der Waals surface area contributed by atoms with Crippen molar-refractivity contribution >= 4 is 88.3 Å². The Labute approximate surface area is 224 Å². The van der Waals surface area contributed by atoms with Gasteiger partial charge in [0, 0.05) is 4.88 Å². The van der Waals surface area contributed by atoms with E-state index in [9.17, 15) is 14.7 Å². The van der Waals surface area contributed by atoms with E-state index in [0.29, 0.717) is 22.4 Å². The number of nitrogens with zero attached hydrogens (tertiary/aromatic N) is 2. The molecule has 0 radical (unpaired) electrons. The van der Waals surface area contributed by atoms with Gasteiger partial charge in [-0.3, -0.25) is 9.59 Å². The van der Waals surface area contributed by atoms with E-state index in [1.807, 2.05) is 47.8 Å². The van der Waals surface area contributed by atoms with Gasteiger partial charge in [0.05, 0.1) is 38.7 Å². The number of carboxylic acids is 1. The van der Waals surface area contributed by atoms with Crippen LogP contribution in [0.1, 0.15) is 10.4 Å². The number of carbonyl (C=O) groups excluding carboxylic acids is 1. The van der Waals surface area contributed by atoms with Crippen molar-refractivity contribution in [3.63, 3.8) is 0 Å². The average molecular weight is 632 g/mol. The number of hydrogen-bond donors (Lipinski definition) is 1. The molecule has 0 atom stereocenters. The molecule has 176 valence electrons. The van der Waals surface area contributed by atoms with E-state index in [4.69, 9.17) is 14.7 Å². The molecule has 0 fully saturated rings. The van der Waals surface area contributed by atoms with Crippen LogP contribution in [-0.2, 0) is 27.2 Å². The van der Waals surface area contributed by atoms with Gasteiger partial charge in [-0.15, -0.1) is 22.7 Å². The van der Waals surface area contributed by atoms with Crippen LogP contribution in [0.3, 0.4) is 0 Å². The summed E-state index contributed by atoms with van der Waals surface area (Å²) in [6, 6.07) is 13.6. The van der Waals surface area contributed by atoms with Crippen molar-refractivity contribution in [3.8, 4) is 21.1 Å². The lowest BCUT2D eigenvalue weighted by molar-refractivity contribution is -0.140. The van der Waals surface area contributed by atoms with E-state index >= 15 is 0 Å². The number of carbonyl (C=O) groups is 2. The molecule has 0 aliphatic carbocycles. The summed E-state index contributed by atoms with van der Waals surface area (Å²) in [5.74, 6) is -1.19. The molecule has 2 aromatic carbocycles. The predicted molar refractivity (Wildman–Crippen MR) is 146 cm³/mol. The molecular weight excluding hydrogens is 616 g/mol. The van der Waals surface area contributed by atoms with Gasteiger partial charge in [-0.1, -0.05) is 24.3 Å². The van der Waals surface area contributed by atoms with Gasteiger partial charge in [0.1, 0.15) is 22.4 Å². The number of fused-ring (bicyclic) bond motifs is 2. The minimum absolute atomic E-state index is 0.0524. The third-order valence-corrected chi connectivity index (χ3v) is 9.08. The highest BCUT2D eigenvalue weighted by Gasteiger charge is 2.21. The first-order chi connectivity index (χ1) is 16.9. The molecule has 5 rings (SSSR count). The van der Waals surface area contributed by atoms with Crippen molar-refractivity contribution in [1.29, 1.82) is 0 Å². The number of hydrogen-bond acceptors (Lipinski definition) is 7. The average Bonchev–Trinajstić information content (AvgIpc) is 3.51. The summed E-state index contributed by atoms with van der Waals surface area (Å²) in [5.41, 5.74) is 3.58. The number of aliphatic carboxylic acids is 1. The highest BCUT2D eigenvalue weighted by Crippen LogP contribution is 2.43. The van der Waals surface area contributed by atoms with Crippen molar-refractivity contribution < 1.29 is 19.4 Å². The molecule has 10 heteroatoms. The monoisotopic (exact) mass is 630 g/mol. The zero-order valence-corrected chi connectivity index (χ0v) is 23.0. The fourth-order valence-electron chi connectivity index (χ4n) is 3.79. The van der Waals surface area contributed by atoms with Crippen molar-refractivity contribution in [1.82, 2.24) is 9.97 Å². The second-order valence-corrected chi connectivity index (χ2v) is 11.4. The van der Waals surface area contributed by atoms with Crippen LogP contribution in [-0.4, -0.2) is 34.1 Å². The van der Waals surface area contributed by atoms with Gasteiger partial charge < -0.3 is 9.84 Å². The number of carboxylic acid groups (broad SMARTS) is 1. The normalized spacial score (nSPS) is 11.3. The fraction of sp³-hybridized carbons (Fsp3) is 0.120. The summed E-state index contributed by atoms with van der Waals surface area (Å²) in [6.07, 6.45) is 0.119. The lowest BCUT2D eigenvalue weighted by atomic mass is 10.1. The van der Waals surface area contributed by atoms with Crippen LogP contribution in [0.5, 0.6) is 0 Å². The molecule has 6 nitrogen and oxygen atoms in total. The highest BCUT2D eigenvalue weighted by molar-refractivity contribution is 9.11. The predicted octanol–water partition coefficient (Wildman–Crippen LogP) is 7.11. The van der Waals surface area contributed by atoms with Crippen LogP contribution in [0.25, 0.3) is 42.9 Å². The molecule has 0 bridgehead atoms. The Morgan fingerprint density at radius 1 is 0.943 bits per heavy atom. The van der Waals surface area contributed by atoms with Crippen LogP contribution in [0.2, 0.25) is 0 Å². The summed E-state index contributed by atoms with van der Waals surface area (Å²) >= 11 is 10.3. The van der Waals surface area contributed by atoms with Crippen molar-refractivity contribution in [2.45, 2.75) is 12.8 Å². The van der Waals surface area contributed by atoms with E-state index in [2.05, 4.69) is 31.9 Å².